The summed E-state index contributed by atoms with van der Waals surface area (Å²) in [5, 5.41) is 17.7. The molecule has 2 aromatic carbocycles. The van der Waals surface area contributed by atoms with Gasteiger partial charge in [0.05, 0.1) is 29.4 Å². The highest BCUT2D eigenvalue weighted by Crippen LogP contribution is 2.31. The fraction of sp³-hybridized carbons (Fsp3) is 0.0870. The number of hydrogen-bond acceptors (Lipinski definition) is 9. The van der Waals surface area contributed by atoms with Crippen LogP contribution in [0.25, 0.3) is 0 Å². The molecule has 12 nitrogen and oxygen atoms in total. The molecule has 0 radical (unpaired) electrons. The van der Waals surface area contributed by atoms with Gasteiger partial charge in [-0.3, -0.25) is 14.9 Å². The van der Waals surface area contributed by atoms with Crippen molar-refractivity contribution < 1.29 is 22.6 Å². The third-order valence-electron chi connectivity index (χ3n) is 4.65. The van der Waals surface area contributed by atoms with E-state index in [2.05, 4.69) is 32.1 Å². The molecule has 204 valence electrons. The van der Waals surface area contributed by atoms with Crippen LogP contribution in [-0.4, -0.2) is 44.2 Å². The van der Waals surface area contributed by atoms with E-state index in [4.69, 9.17) is 27.6 Å². The normalized spacial score (nSPS) is 11.8. The van der Waals surface area contributed by atoms with Gasteiger partial charge in [-0.2, -0.15) is 5.10 Å². The van der Waals surface area contributed by atoms with E-state index >= 15 is 0 Å². The van der Waals surface area contributed by atoms with Gasteiger partial charge in [0.25, 0.3) is 15.9 Å². The fourth-order valence-corrected chi connectivity index (χ4v) is 5.49. The van der Waals surface area contributed by atoms with Gasteiger partial charge in [-0.1, -0.05) is 29.3 Å². The van der Waals surface area contributed by atoms with E-state index < -0.39 is 26.7 Å². The number of anilines is 1. The van der Waals surface area contributed by atoms with Gasteiger partial charge in [0.15, 0.2) is 5.76 Å². The van der Waals surface area contributed by atoms with Crippen LogP contribution in [0.4, 0.5) is 11.6 Å². The quantitative estimate of drug-likeness (QED) is 0.0726. The van der Waals surface area contributed by atoms with Crippen LogP contribution in [0.5, 0.6) is 0 Å². The second-order valence-electron chi connectivity index (χ2n) is 7.33. The van der Waals surface area contributed by atoms with Crippen molar-refractivity contribution in [1.29, 1.82) is 0 Å². The molecule has 0 unspecified atom stereocenters. The Hall–Kier alpha value is -3.85. The second-order valence-corrected chi connectivity index (χ2v) is 10.7. The van der Waals surface area contributed by atoms with Crippen LogP contribution in [0, 0.1) is 10.1 Å². The zero-order valence-corrected chi connectivity index (χ0v) is 23.2. The Balaban J connectivity index is 1.87. The number of aliphatic imine (C=N–C) groups is 1. The van der Waals surface area contributed by atoms with Crippen molar-refractivity contribution in [2.24, 2.45) is 10.1 Å². The number of nitrogens with zero attached hydrogens (tertiary/aromatic N) is 3. The van der Waals surface area contributed by atoms with Gasteiger partial charge in [0.2, 0.25) is 5.96 Å². The number of guanidine groups is 1. The third kappa shape index (κ3) is 8.07. The van der Waals surface area contributed by atoms with Crippen molar-refractivity contribution in [3.63, 3.8) is 0 Å². The van der Waals surface area contributed by atoms with Crippen LogP contribution in [0.3, 0.4) is 0 Å². The standard InChI is InChI=1S/C23H20Cl2N6O6S2/c1-3-10-26-23(29-27-13-16-8-9-21(37-16)31(33)34)30-39(35,36)20-11-17(18(25)12-19(20)38-2)22(32)28-15-6-4-14(24)5-7-15/h3-9,11-13H,1,10H2,2H3,(H,28,32)(H2,26,29,30)/b27-13+. The van der Waals surface area contributed by atoms with E-state index in [1.807, 2.05) is 0 Å². The molecule has 1 amide bonds. The Morgan fingerprint density at radius 1 is 1.21 bits per heavy atom. The number of thioether (sulfide) groups is 1. The maximum Gasteiger partial charge on any atom is 0.433 e. The fourth-order valence-electron chi connectivity index (χ4n) is 2.91. The number of nitro groups is 1. The van der Waals surface area contributed by atoms with E-state index in [-0.39, 0.29) is 38.6 Å². The Bertz CT molecular complexity index is 1560. The van der Waals surface area contributed by atoms with Crippen LogP contribution in [0.1, 0.15) is 16.1 Å². The molecule has 0 saturated carbocycles. The van der Waals surface area contributed by atoms with Crippen LogP contribution >= 0.6 is 35.0 Å². The molecule has 3 rings (SSSR count). The molecule has 0 aliphatic heterocycles. The molecule has 0 aliphatic carbocycles. The Morgan fingerprint density at radius 2 is 1.92 bits per heavy atom. The van der Waals surface area contributed by atoms with Gasteiger partial charge >= 0.3 is 5.88 Å². The van der Waals surface area contributed by atoms with Crippen LogP contribution < -0.4 is 15.5 Å². The number of sulfonamides is 1. The maximum absolute atomic E-state index is 13.4. The molecule has 1 heterocycles. The molecule has 0 spiro atoms. The minimum Gasteiger partial charge on any atom is -0.400 e. The molecule has 3 N–H and O–H groups in total. The lowest BCUT2D eigenvalue weighted by Gasteiger charge is -2.15. The average Bonchev–Trinajstić information content (AvgIpc) is 3.37. The lowest BCUT2D eigenvalue weighted by molar-refractivity contribution is -0.402. The number of benzene rings is 2. The number of hydrogen-bond donors (Lipinski definition) is 3. The summed E-state index contributed by atoms with van der Waals surface area (Å²) < 4.78 is 34.0. The molecular formula is C23H20Cl2N6O6S2. The van der Waals surface area contributed by atoms with Crippen molar-refractivity contribution in [3.8, 4) is 0 Å². The zero-order valence-electron chi connectivity index (χ0n) is 20.1. The number of amides is 1. The highest BCUT2D eigenvalue weighted by molar-refractivity contribution is 7.99. The zero-order chi connectivity index (χ0) is 28.6. The summed E-state index contributed by atoms with van der Waals surface area (Å²) in [5.41, 5.74) is 2.77. The van der Waals surface area contributed by atoms with Crippen molar-refractivity contribution >= 4 is 74.6 Å². The number of carbonyl (C=O) groups excluding carboxylic acids is 1. The minimum atomic E-state index is -4.33. The molecule has 0 atom stereocenters. The molecule has 0 aliphatic rings. The first-order valence-corrected chi connectivity index (χ1v) is 14.2. The van der Waals surface area contributed by atoms with Crippen LogP contribution in [-0.2, 0) is 10.0 Å². The Kier molecular flexibility index (Phi) is 10.1. The summed E-state index contributed by atoms with van der Waals surface area (Å²) >= 11 is 13.3. The SMILES string of the molecule is C=CCN=C(N/N=C/c1ccc([N+](=O)[O-])o1)NS(=O)(=O)c1cc(C(=O)Nc2ccc(Cl)cc2)c(Cl)cc1SC. The average molecular weight is 611 g/mol. The van der Waals surface area contributed by atoms with Crippen molar-refractivity contribution in [2.45, 2.75) is 9.79 Å². The van der Waals surface area contributed by atoms with Crippen molar-refractivity contribution in [2.75, 3.05) is 18.1 Å². The van der Waals surface area contributed by atoms with Gasteiger partial charge in [0, 0.05) is 15.6 Å². The van der Waals surface area contributed by atoms with Gasteiger partial charge in [-0.25, -0.2) is 23.6 Å². The molecule has 3 aromatic rings. The summed E-state index contributed by atoms with van der Waals surface area (Å²) in [5.74, 6) is -1.37. The number of halogens is 2. The first-order valence-electron chi connectivity index (χ1n) is 10.7. The Labute approximate surface area is 237 Å². The molecule has 0 bridgehead atoms. The topological polar surface area (TPSA) is 168 Å². The van der Waals surface area contributed by atoms with Gasteiger partial charge in [0.1, 0.15) is 9.82 Å². The summed E-state index contributed by atoms with van der Waals surface area (Å²) in [6, 6.07) is 11.3. The third-order valence-corrected chi connectivity index (χ3v) is 7.50. The molecule has 0 fully saturated rings. The monoisotopic (exact) mass is 610 g/mol. The van der Waals surface area contributed by atoms with E-state index in [9.17, 15) is 23.3 Å². The predicted octanol–water partition coefficient (Wildman–Crippen LogP) is 4.91. The smallest absolute Gasteiger partial charge is 0.400 e. The predicted molar refractivity (Wildman–Crippen MR) is 152 cm³/mol. The van der Waals surface area contributed by atoms with E-state index in [1.54, 1.807) is 30.5 Å². The first kappa shape index (κ1) is 29.7. The molecule has 1 aromatic heterocycles. The summed E-state index contributed by atoms with van der Waals surface area (Å²) in [7, 11) is -4.33. The van der Waals surface area contributed by atoms with Crippen molar-refractivity contribution in [1.82, 2.24) is 10.1 Å². The van der Waals surface area contributed by atoms with Gasteiger partial charge < -0.3 is 9.73 Å². The van der Waals surface area contributed by atoms with Gasteiger partial charge in [-0.05, 0) is 48.7 Å². The summed E-state index contributed by atoms with van der Waals surface area (Å²) in [4.78, 5) is 27.0. The lowest BCUT2D eigenvalue weighted by Crippen LogP contribution is -2.39. The largest absolute Gasteiger partial charge is 0.433 e. The minimum absolute atomic E-state index is 0.0251. The molecule has 0 saturated heterocycles. The number of furan rings is 1. The highest BCUT2D eigenvalue weighted by atomic mass is 35.5. The lowest BCUT2D eigenvalue weighted by atomic mass is 10.2. The molecular weight excluding hydrogens is 591 g/mol. The van der Waals surface area contributed by atoms with Crippen molar-refractivity contribution in [3.05, 3.63) is 92.7 Å². The molecule has 16 heteroatoms. The first-order chi connectivity index (χ1) is 18.5. The van der Waals surface area contributed by atoms with Gasteiger partial charge in [-0.15, -0.1) is 18.3 Å². The van der Waals surface area contributed by atoms with E-state index in [0.717, 1.165) is 30.1 Å². The highest BCUT2D eigenvalue weighted by Gasteiger charge is 2.24. The maximum atomic E-state index is 13.4. The summed E-state index contributed by atoms with van der Waals surface area (Å²) in [6.07, 6.45) is 4.17. The Morgan fingerprint density at radius 3 is 2.54 bits per heavy atom. The van der Waals surface area contributed by atoms with Crippen LogP contribution in [0.2, 0.25) is 10.0 Å². The number of carbonyl (C=O) groups is 1. The second kappa shape index (κ2) is 13.3. The van der Waals surface area contributed by atoms with E-state index in [0.29, 0.717) is 10.7 Å². The number of rotatable bonds is 10. The number of nitrogens with one attached hydrogen (secondary N) is 3. The molecule has 39 heavy (non-hydrogen) atoms. The number of hydrazone groups is 1. The van der Waals surface area contributed by atoms with E-state index in [1.165, 1.54) is 18.2 Å². The summed E-state index contributed by atoms with van der Waals surface area (Å²) in [6.45, 7) is 3.57. The van der Waals surface area contributed by atoms with Crippen LogP contribution in [0.15, 0.2) is 85.5 Å².